The monoisotopic (exact) mass is 282 g/mol. The van der Waals surface area contributed by atoms with Gasteiger partial charge in [-0.05, 0) is 38.7 Å². The number of hydrogen-bond acceptors (Lipinski definition) is 5. The van der Waals surface area contributed by atoms with Crippen LogP contribution in [-0.2, 0) is 4.53 Å². The van der Waals surface area contributed by atoms with E-state index in [9.17, 15) is 10.1 Å². The molecular formula is C12H18N2O4Si. The number of ether oxygens (including phenoxy) is 1. The molecule has 0 aliphatic carbocycles. The van der Waals surface area contributed by atoms with Crippen molar-refractivity contribution in [2.75, 3.05) is 7.11 Å². The normalized spacial score (nSPS) is 12.2. The minimum absolute atomic E-state index is 0.0810. The molecule has 0 atom stereocenters. The minimum atomic E-state index is -1.75. The van der Waals surface area contributed by atoms with Gasteiger partial charge in [0, 0.05) is 11.6 Å². The molecule has 1 aromatic carbocycles. The van der Waals surface area contributed by atoms with E-state index in [-0.39, 0.29) is 11.4 Å². The van der Waals surface area contributed by atoms with Crippen LogP contribution in [0.4, 0.5) is 5.69 Å². The molecule has 19 heavy (non-hydrogen) atoms. The third kappa shape index (κ3) is 4.36. The van der Waals surface area contributed by atoms with E-state index >= 15 is 0 Å². The maximum Gasteiger partial charge on any atom is 0.311 e. The van der Waals surface area contributed by atoms with Gasteiger partial charge in [-0.15, -0.1) is 5.16 Å². The first kappa shape index (κ1) is 15.2. The van der Waals surface area contributed by atoms with E-state index in [0.29, 0.717) is 11.3 Å². The Kier molecular flexibility index (Phi) is 4.65. The summed E-state index contributed by atoms with van der Waals surface area (Å²) < 4.78 is 10.4. The fourth-order valence-corrected chi connectivity index (χ4v) is 1.73. The topological polar surface area (TPSA) is 74.0 Å². The molecule has 7 heteroatoms. The van der Waals surface area contributed by atoms with Gasteiger partial charge in [0.15, 0.2) is 5.75 Å². The molecule has 0 spiro atoms. The van der Waals surface area contributed by atoms with Gasteiger partial charge in [0.1, 0.15) is 0 Å². The molecule has 1 aromatic rings. The van der Waals surface area contributed by atoms with E-state index in [4.69, 9.17) is 9.26 Å². The van der Waals surface area contributed by atoms with Crippen molar-refractivity contribution in [3.05, 3.63) is 33.9 Å². The highest BCUT2D eigenvalue weighted by Crippen LogP contribution is 2.27. The summed E-state index contributed by atoms with van der Waals surface area (Å²) >= 11 is 0. The lowest BCUT2D eigenvalue weighted by Crippen LogP contribution is -2.22. The number of methoxy groups -OCH3 is 1. The molecule has 1 rings (SSSR count). The van der Waals surface area contributed by atoms with Crippen molar-refractivity contribution in [1.82, 2.24) is 0 Å². The number of nitrogens with zero attached hydrogens (tertiary/aromatic N) is 2. The Bertz CT molecular complexity index is 509. The molecule has 6 nitrogen and oxygen atoms in total. The zero-order chi connectivity index (χ0) is 14.6. The molecule has 0 saturated heterocycles. The van der Waals surface area contributed by atoms with E-state index < -0.39 is 13.2 Å². The summed E-state index contributed by atoms with van der Waals surface area (Å²) in [5, 5.41) is 15.0. The van der Waals surface area contributed by atoms with Gasteiger partial charge in [-0.3, -0.25) is 10.1 Å². The maximum atomic E-state index is 10.9. The van der Waals surface area contributed by atoms with Gasteiger partial charge in [-0.1, -0.05) is 0 Å². The van der Waals surface area contributed by atoms with Gasteiger partial charge < -0.3 is 9.26 Å². The Morgan fingerprint density at radius 1 is 1.37 bits per heavy atom. The molecule has 0 radical (unpaired) electrons. The molecule has 0 aliphatic rings. The summed E-state index contributed by atoms with van der Waals surface area (Å²) in [6, 6.07) is 4.71. The maximum absolute atomic E-state index is 10.9. The Balaban J connectivity index is 3.08. The first-order chi connectivity index (χ1) is 8.74. The number of benzene rings is 1. The van der Waals surface area contributed by atoms with Crippen molar-refractivity contribution in [2.45, 2.75) is 26.6 Å². The summed E-state index contributed by atoms with van der Waals surface area (Å²) in [4.78, 5) is 10.5. The molecule has 0 bridgehead atoms. The van der Waals surface area contributed by atoms with Crippen molar-refractivity contribution in [1.29, 1.82) is 0 Å². The highest BCUT2D eigenvalue weighted by atomic mass is 28.4. The molecule has 0 unspecified atom stereocenters. The molecule has 0 aromatic heterocycles. The Hall–Kier alpha value is -1.89. The van der Waals surface area contributed by atoms with Crippen LogP contribution in [0.1, 0.15) is 12.5 Å². The zero-order valence-electron chi connectivity index (χ0n) is 11.8. The standard InChI is InChI=1S/C12H18N2O4Si/c1-9(13-18-19(3,4)5)10-6-7-12(17-2)11(8-10)14(15)16/h6-8H,1-5H3. The van der Waals surface area contributed by atoms with Gasteiger partial charge in [0.05, 0.1) is 17.7 Å². The number of hydrogen-bond donors (Lipinski definition) is 0. The van der Waals surface area contributed by atoms with E-state index in [1.165, 1.54) is 13.2 Å². The second-order valence-electron chi connectivity index (χ2n) is 5.02. The van der Waals surface area contributed by atoms with Gasteiger partial charge >= 0.3 is 5.69 Å². The number of nitro benzene ring substituents is 1. The predicted octanol–water partition coefficient (Wildman–Crippen LogP) is 3.18. The largest absolute Gasteiger partial charge is 0.490 e. The zero-order valence-corrected chi connectivity index (χ0v) is 12.8. The summed E-state index contributed by atoms with van der Waals surface area (Å²) in [5.74, 6) is 0.229. The van der Waals surface area contributed by atoms with Crippen molar-refractivity contribution in [3.8, 4) is 5.75 Å². The fraction of sp³-hybridized carbons (Fsp3) is 0.417. The molecule has 104 valence electrons. The van der Waals surface area contributed by atoms with E-state index in [1.807, 2.05) is 19.6 Å². The summed E-state index contributed by atoms with van der Waals surface area (Å²) in [6.07, 6.45) is 0. The van der Waals surface area contributed by atoms with Crippen LogP contribution in [0.5, 0.6) is 5.75 Å². The highest BCUT2D eigenvalue weighted by Gasteiger charge is 2.18. The lowest BCUT2D eigenvalue weighted by Gasteiger charge is -2.13. The van der Waals surface area contributed by atoms with E-state index in [1.54, 1.807) is 19.1 Å². The van der Waals surface area contributed by atoms with Crippen LogP contribution in [0.3, 0.4) is 0 Å². The van der Waals surface area contributed by atoms with Gasteiger partial charge in [0.25, 0.3) is 8.32 Å². The minimum Gasteiger partial charge on any atom is -0.490 e. The van der Waals surface area contributed by atoms with Crippen molar-refractivity contribution >= 4 is 19.7 Å². The van der Waals surface area contributed by atoms with E-state index in [0.717, 1.165) is 0 Å². The van der Waals surface area contributed by atoms with Crippen LogP contribution >= 0.6 is 0 Å². The van der Waals surface area contributed by atoms with E-state index in [2.05, 4.69) is 5.16 Å². The average Bonchev–Trinajstić information content (AvgIpc) is 2.34. The first-order valence-electron chi connectivity index (χ1n) is 5.80. The second kappa shape index (κ2) is 5.83. The predicted molar refractivity (Wildman–Crippen MR) is 76.3 cm³/mol. The summed E-state index contributed by atoms with van der Waals surface area (Å²) in [6.45, 7) is 7.80. The van der Waals surface area contributed by atoms with Crippen molar-refractivity contribution in [2.24, 2.45) is 5.16 Å². The van der Waals surface area contributed by atoms with Crippen LogP contribution in [0.15, 0.2) is 23.4 Å². The van der Waals surface area contributed by atoms with Crippen LogP contribution < -0.4 is 4.74 Å². The molecule has 0 amide bonds. The lowest BCUT2D eigenvalue weighted by molar-refractivity contribution is -0.385. The second-order valence-corrected chi connectivity index (χ2v) is 9.43. The molecule has 0 fully saturated rings. The number of nitro groups is 1. The number of oxime groups is 1. The average molecular weight is 282 g/mol. The molecule has 0 aliphatic heterocycles. The summed E-state index contributed by atoms with van der Waals surface area (Å²) in [7, 11) is -0.352. The lowest BCUT2D eigenvalue weighted by atomic mass is 10.1. The SMILES string of the molecule is COc1ccc(C(C)=NO[Si](C)(C)C)cc1[N+](=O)[O-]. The Morgan fingerprint density at radius 2 is 2.00 bits per heavy atom. The molecule has 0 N–H and O–H groups in total. The van der Waals surface area contributed by atoms with Crippen molar-refractivity contribution in [3.63, 3.8) is 0 Å². The van der Waals surface area contributed by atoms with Gasteiger partial charge in [0.2, 0.25) is 0 Å². The van der Waals surface area contributed by atoms with Gasteiger partial charge in [-0.25, -0.2) is 0 Å². The number of rotatable bonds is 5. The molecular weight excluding hydrogens is 264 g/mol. The van der Waals surface area contributed by atoms with Crippen LogP contribution in [0.2, 0.25) is 19.6 Å². The van der Waals surface area contributed by atoms with Crippen molar-refractivity contribution < 1.29 is 14.2 Å². The first-order valence-corrected chi connectivity index (χ1v) is 9.21. The smallest absolute Gasteiger partial charge is 0.311 e. The van der Waals surface area contributed by atoms with Gasteiger partial charge in [-0.2, -0.15) is 0 Å². The molecule has 0 saturated carbocycles. The quantitative estimate of drug-likeness (QED) is 0.360. The van der Waals surface area contributed by atoms with Crippen LogP contribution in [-0.4, -0.2) is 26.1 Å². The summed E-state index contributed by atoms with van der Waals surface area (Å²) in [5.41, 5.74) is 1.17. The highest BCUT2D eigenvalue weighted by molar-refractivity contribution is 6.69. The Morgan fingerprint density at radius 3 is 2.47 bits per heavy atom. The third-order valence-corrected chi connectivity index (χ3v) is 2.89. The van der Waals surface area contributed by atoms with Crippen LogP contribution in [0.25, 0.3) is 0 Å². The Labute approximate surface area is 113 Å². The fourth-order valence-electron chi connectivity index (χ4n) is 1.32. The molecule has 0 heterocycles. The third-order valence-electron chi connectivity index (χ3n) is 2.25. The van der Waals surface area contributed by atoms with Crippen LogP contribution in [0, 0.1) is 10.1 Å².